The molecule has 4 N–H and O–H groups in total. The van der Waals surface area contributed by atoms with E-state index in [4.69, 9.17) is 5.73 Å². The van der Waals surface area contributed by atoms with E-state index in [1.54, 1.807) is 25.1 Å². The van der Waals surface area contributed by atoms with Crippen molar-refractivity contribution in [2.45, 2.75) is 29.8 Å². The highest BCUT2D eigenvalue weighted by Gasteiger charge is 2.41. The van der Waals surface area contributed by atoms with Gasteiger partial charge in [0.05, 0.1) is 0 Å². The fraction of sp³-hybridized carbons (Fsp3) is 0.304. The van der Waals surface area contributed by atoms with Gasteiger partial charge < -0.3 is 20.6 Å². The molecule has 0 unspecified atom stereocenters. The van der Waals surface area contributed by atoms with Gasteiger partial charge in [0.15, 0.2) is 0 Å². The number of sulfonamides is 1. The third-order valence-electron chi connectivity index (χ3n) is 6.09. The molecule has 1 aliphatic rings. The molecule has 4 rings (SSSR count). The minimum atomic E-state index is -4.09. The SMILES string of the molecule is CN(C)c1ccc(S(=O)(=O)N[C@H]2CCN([C@H](Cc3ccc4c(N)nccc4c3F)C(=O)O)C2=O)cn1. The van der Waals surface area contributed by atoms with E-state index in [0.717, 1.165) is 4.90 Å². The van der Waals surface area contributed by atoms with Crippen LogP contribution in [0.4, 0.5) is 16.0 Å². The zero-order valence-corrected chi connectivity index (χ0v) is 20.4. The second-order valence-electron chi connectivity index (χ2n) is 8.63. The number of aliphatic carboxylic acids is 1. The van der Waals surface area contributed by atoms with Gasteiger partial charge in [-0.25, -0.2) is 27.6 Å². The number of nitrogen functional groups attached to an aromatic ring is 1. The molecule has 1 aromatic carbocycles. The minimum Gasteiger partial charge on any atom is -0.480 e. The van der Waals surface area contributed by atoms with Crippen molar-refractivity contribution in [2.24, 2.45) is 0 Å². The maximum atomic E-state index is 15.1. The van der Waals surface area contributed by atoms with Crippen molar-refractivity contribution in [1.29, 1.82) is 0 Å². The Kier molecular flexibility index (Phi) is 6.78. The number of likely N-dealkylation sites (tertiary alicyclic amines) is 1. The second kappa shape index (κ2) is 9.66. The fourth-order valence-electron chi connectivity index (χ4n) is 4.15. The number of hydrogen-bond donors (Lipinski definition) is 3. The molecule has 1 fully saturated rings. The van der Waals surface area contributed by atoms with Gasteiger partial charge in [-0.2, -0.15) is 4.72 Å². The standard InChI is InChI=1S/C23H25FN6O5S/c1-29(2)19-6-4-14(12-27-19)36(34,35)28-17-8-10-30(22(17)31)18(23(32)33)11-13-3-5-16-15(20(13)24)7-9-26-21(16)25/h3-7,9,12,17-18,28H,8,10-11H2,1-2H3,(H2,25,26)(H,32,33)/t17-,18+/m0/s1. The van der Waals surface area contributed by atoms with E-state index < -0.39 is 39.8 Å². The van der Waals surface area contributed by atoms with Crippen LogP contribution in [-0.4, -0.2) is 73.0 Å². The Bertz CT molecular complexity index is 1430. The van der Waals surface area contributed by atoms with Crippen molar-refractivity contribution in [3.8, 4) is 0 Å². The van der Waals surface area contributed by atoms with E-state index in [0.29, 0.717) is 11.2 Å². The Morgan fingerprint density at radius 3 is 2.64 bits per heavy atom. The van der Waals surface area contributed by atoms with Gasteiger partial charge in [-0.05, 0) is 30.2 Å². The van der Waals surface area contributed by atoms with Gasteiger partial charge in [0.25, 0.3) is 0 Å². The summed E-state index contributed by atoms with van der Waals surface area (Å²) in [6, 6.07) is 4.75. The third kappa shape index (κ3) is 4.79. The highest BCUT2D eigenvalue weighted by Crippen LogP contribution is 2.27. The number of hydrogen-bond acceptors (Lipinski definition) is 8. The molecule has 1 amide bonds. The van der Waals surface area contributed by atoms with E-state index >= 15 is 4.39 Å². The Morgan fingerprint density at radius 1 is 1.25 bits per heavy atom. The van der Waals surface area contributed by atoms with Gasteiger partial charge in [0.1, 0.15) is 34.4 Å². The third-order valence-corrected chi connectivity index (χ3v) is 7.55. The average Bonchev–Trinajstić information content (AvgIpc) is 3.18. The fourth-order valence-corrected chi connectivity index (χ4v) is 5.32. The molecule has 3 aromatic rings. The molecule has 0 saturated carbocycles. The molecular formula is C23H25FN6O5S. The van der Waals surface area contributed by atoms with E-state index in [1.165, 1.54) is 36.7 Å². The quantitative estimate of drug-likeness (QED) is 0.397. The summed E-state index contributed by atoms with van der Waals surface area (Å²) < 4.78 is 43.1. The van der Waals surface area contributed by atoms with Crippen LogP contribution in [0.25, 0.3) is 10.8 Å². The predicted octanol–water partition coefficient (Wildman–Crippen LogP) is 0.992. The molecule has 190 valence electrons. The number of nitrogens with two attached hydrogens (primary N) is 1. The first-order valence-corrected chi connectivity index (χ1v) is 12.5. The summed E-state index contributed by atoms with van der Waals surface area (Å²) in [4.78, 5) is 35.7. The van der Waals surface area contributed by atoms with Gasteiger partial charge in [-0.1, -0.05) is 12.1 Å². The first-order chi connectivity index (χ1) is 17.0. The zero-order valence-electron chi connectivity index (χ0n) is 19.6. The molecule has 11 nitrogen and oxygen atoms in total. The van der Waals surface area contributed by atoms with Gasteiger partial charge >= 0.3 is 5.97 Å². The molecule has 13 heteroatoms. The summed E-state index contributed by atoms with van der Waals surface area (Å²) in [5, 5.41) is 10.4. The Morgan fingerprint density at radius 2 is 2.00 bits per heavy atom. The summed E-state index contributed by atoms with van der Waals surface area (Å²) in [5.74, 6) is -1.97. The van der Waals surface area contributed by atoms with Crippen LogP contribution in [-0.2, 0) is 26.0 Å². The Balaban J connectivity index is 1.53. The molecule has 2 atom stereocenters. The molecule has 3 heterocycles. The topological polar surface area (TPSA) is 159 Å². The minimum absolute atomic E-state index is 0.00707. The van der Waals surface area contributed by atoms with E-state index in [2.05, 4.69) is 14.7 Å². The highest BCUT2D eigenvalue weighted by molar-refractivity contribution is 7.89. The number of carboxylic acid groups (broad SMARTS) is 1. The van der Waals surface area contributed by atoms with Crippen molar-refractivity contribution in [3.05, 3.63) is 54.1 Å². The molecule has 0 bridgehead atoms. The second-order valence-corrected chi connectivity index (χ2v) is 10.3. The van der Waals surface area contributed by atoms with Crippen molar-refractivity contribution >= 4 is 44.3 Å². The summed E-state index contributed by atoms with van der Waals surface area (Å²) in [6.45, 7) is -0.00707. The smallest absolute Gasteiger partial charge is 0.326 e. The van der Waals surface area contributed by atoms with Gasteiger partial charge in [-0.15, -0.1) is 0 Å². The van der Waals surface area contributed by atoms with E-state index in [-0.39, 0.29) is 41.0 Å². The summed E-state index contributed by atoms with van der Waals surface area (Å²) >= 11 is 0. The number of aromatic nitrogens is 2. The van der Waals surface area contributed by atoms with Crippen LogP contribution in [0, 0.1) is 5.82 Å². The number of nitrogens with zero attached hydrogens (tertiary/aromatic N) is 4. The summed E-state index contributed by atoms with van der Waals surface area (Å²) in [5.41, 5.74) is 5.87. The van der Waals surface area contributed by atoms with Crippen molar-refractivity contribution in [1.82, 2.24) is 19.6 Å². The number of amides is 1. The highest BCUT2D eigenvalue weighted by atomic mass is 32.2. The lowest BCUT2D eigenvalue weighted by Gasteiger charge is -2.25. The number of carbonyl (C=O) groups excluding carboxylic acids is 1. The summed E-state index contributed by atoms with van der Waals surface area (Å²) in [7, 11) is -0.567. The maximum absolute atomic E-state index is 15.1. The van der Waals surface area contributed by atoms with Crippen LogP contribution in [0.2, 0.25) is 0 Å². The molecule has 36 heavy (non-hydrogen) atoms. The molecule has 1 aliphatic heterocycles. The zero-order chi connectivity index (χ0) is 26.2. The first-order valence-electron chi connectivity index (χ1n) is 11.0. The first kappa shape index (κ1) is 25.3. The van der Waals surface area contributed by atoms with Crippen LogP contribution in [0.5, 0.6) is 0 Å². The molecule has 0 radical (unpaired) electrons. The number of pyridine rings is 2. The van der Waals surface area contributed by atoms with Crippen molar-refractivity contribution < 1.29 is 27.5 Å². The monoisotopic (exact) mass is 516 g/mol. The van der Waals surface area contributed by atoms with Gasteiger partial charge in [0.2, 0.25) is 15.9 Å². The summed E-state index contributed by atoms with van der Waals surface area (Å²) in [6.07, 6.45) is 2.29. The number of benzene rings is 1. The molecule has 0 spiro atoms. The van der Waals surface area contributed by atoms with Crippen molar-refractivity contribution in [2.75, 3.05) is 31.3 Å². The van der Waals surface area contributed by atoms with Gasteiger partial charge in [-0.3, -0.25) is 4.79 Å². The van der Waals surface area contributed by atoms with Crippen LogP contribution in [0.3, 0.4) is 0 Å². The predicted molar refractivity (Wildman–Crippen MR) is 130 cm³/mol. The lowest BCUT2D eigenvalue weighted by atomic mass is 10.0. The Hall–Kier alpha value is -3.84. The molecule has 0 aliphatic carbocycles. The lowest BCUT2D eigenvalue weighted by molar-refractivity contribution is -0.148. The number of halogens is 1. The Labute approximate surface area is 206 Å². The van der Waals surface area contributed by atoms with Crippen LogP contribution in [0.15, 0.2) is 47.6 Å². The van der Waals surface area contributed by atoms with Crippen LogP contribution in [0.1, 0.15) is 12.0 Å². The largest absolute Gasteiger partial charge is 0.480 e. The van der Waals surface area contributed by atoms with E-state index in [1.807, 2.05) is 0 Å². The molecule has 2 aromatic heterocycles. The maximum Gasteiger partial charge on any atom is 0.326 e. The number of nitrogens with one attached hydrogen (secondary N) is 1. The van der Waals surface area contributed by atoms with Gasteiger partial charge in [0, 0.05) is 50.2 Å². The number of carbonyl (C=O) groups is 2. The number of carboxylic acids is 1. The lowest BCUT2D eigenvalue weighted by Crippen LogP contribution is -2.48. The molecular weight excluding hydrogens is 491 g/mol. The van der Waals surface area contributed by atoms with E-state index in [9.17, 15) is 23.1 Å². The number of fused-ring (bicyclic) bond motifs is 1. The average molecular weight is 517 g/mol. The molecule has 1 saturated heterocycles. The normalized spacial score (nSPS) is 16.9. The van der Waals surface area contributed by atoms with Crippen molar-refractivity contribution in [3.63, 3.8) is 0 Å². The van der Waals surface area contributed by atoms with Crippen LogP contribution >= 0.6 is 0 Å². The number of rotatable bonds is 8. The van der Waals surface area contributed by atoms with Crippen LogP contribution < -0.4 is 15.4 Å². The number of anilines is 2.